The van der Waals surface area contributed by atoms with Gasteiger partial charge in [0.05, 0.1) is 13.2 Å². The third-order valence-electron chi connectivity index (χ3n) is 3.54. The number of hydrogen-bond donors (Lipinski definition) is 0. The van der Waals surface area contributed by atoms with Gasteiger partial charge in [-0.25, -0.2) is 0 Å². The second kappa shape index (κ2) is 8.50. The molecule has 0 unspecified atom stereocenters. The highest BCUT2D eigenvalue weighted by molar-refractivity contribution is 5.52. The molecule has 0 aromatic heterocycles. The van der Waals surface area contributed by atoms with Crippen LogP contribution in [0.15, 0.2) is 48.6 Å². The van der Waals surface area contributed by atoms with Gasteiger partial charge in [0.25, 0.3) is 0 Å². The average Bonchev–Trinajstić information content (AvgIpc) is 2.44. The molecular formula is C22H26O. The molecule has 0 spiro atoms. The number of benzene rings is 2. The van der Waals surface area contributed by atoms with Crippen molar-refractivity contribution < 1.29 is 4.74 Å². The van der Waals surface area contributed by atoms with Crippen LogP contribution in [-0.4, -0.2) is 13.2 Å². The molecule has 0 fully saturated rings. The third-order valence-corrected chi connectivity index (χ3v) is 3.54. The van der Waals surface area contributed by atoms with Crippen LogP contribution in [0.1, 0.15) is 33.4 Å². The molecule has 0 aliphatic heterocycles. The predicted molar refractivity (Wildman–Crippen MR) is 101 cm³/mol. The van der Waals surface area contributed by atoms with Crippen molar-refractivity contribution in [3.05, 3.63) is 81.9 Å². The van der Waals surface area contributed by atoms with E-state index in [0.29, 0.717) is 13.2 Å². The minimum atomic E-state index is 0.629. The first-order valence-electron chi connectivity index (χ1n) is 8.10. The first-order chi connectivity index (χ1) is 11.0. The molecule has 2 aromatic carbocycles. The fraction of sp³-hybridized carbons (Fsp3) is 0.273. The first kappa shape index (κ1) is 17.2. The van der Waals surface area contributed by atoms with Crippen LogP contribution in [0.5, 0.6) is 0 Å². The maximum Gasteiger partial charge on any atom is 0.0655 e. The van der Waals surface area contributed by atoms with Crippen molar-refractivity contribution in [3.63, 3.8) is 0 Å². The van der Waals surface area contributed by atoms with Crippen molar-refractivity contribution in [2.24, 2.45) is 0 Å². The lowest BCUT2D eigenvalue weighted by Crippen LogP contribution is -1.90. The van der Waals surface area contributed by atoms with Gasteiger partial charge in [0.1, 0.15) is 0 Å². The van der Waals surface area contributed by atoms with Gasteiger partial charge in [-0.05, 0) is 38.8 Å². The number of aryl methyl sites for hydroxylation is 4. The predicted octanol–water partition coefficient (Wildman–Crippen LogP) is 5.66. The van der Waals surface area contributed by atoms with Gasteiger partial charge in [-0.1, -0.05) is 83.0 Å². The van der Waals surface area contributed by atoms with Gasteiger partial charge in [-0.3, -0.25) is 0 Å². The molecule has 0 atom stereocenters. The van der Waals surface area contributed by atoms with E-state index >= 15 is 0 Å². The molecule has 0 amide bonds. The van der Waals surface area contributed by atoms with Gasteiger partial charge in [0.2, 0.25) is 0 Å². The van der Waals surface area contributed by atoms with E-state index in [1.807, 2.05) is 0 Å². The van der Waals surface area contributed by atoms with Crippen LogP contribution in [0.25, 0.3) is 12.2 Å². The van der Waals surface area contributed by atoms with Crippen molar-refractivity contribution in [1.29, 1.82) is 0 Å². The molecule has 1 heteroatoms. The third kappa shape index (κ3) is 6.25. The lowest BCUT2D eigenvalue weighted by atomic mass is 10.1. The Hall–Kier alpha value is -2.12. The first-order valence-corrected chi connectivity index (χ1v) is 8.10. The summed E-state index contributed by atoms with van der Waals surface area (Å²) >= 11 is 0. The van der Waals surface area contributed by atoms with Gasteiger partial charge >= 0.3 is 0 Å². The lowest BCUT2D eigenvalue weighted by Gasteiger charge is -2.01. The Kier molecular flexibility index (Phi) is 6.37. The average molecular weight is 306 g/mol. The maximum absolute atomic E-state index is 5.62. The van der Waals surface area contributed by atoms with Crippen LogP contribution in [0, 0.1) is 27.7 Å². The van der Waals surface area contributed by atoms with Crippen LogP contribution in [-0.2, 0) is 4.74 Å². The summed E-state index contributed by atoms with van der Waals surface area (Å²) in [5, 5.41) is 0. The van der Waals surface area contributed by atoms with Crippen molar-refractivity contribution >= 4 is 12.2 Å². The Labute approximate surface area is 140 Å². The molecule has 0 radical (unpaired) electrons. The highest BCUT2D eigenvalue weighted by Gasteiger charge is 1.92. The number of ether oxygens (including phenoxy) is 1. The molecule has 0 N–H and O–H groups in total. The highest BCUT2D eigenvalue weighted by Crippen LogP contribution is 2.11. The zero-order valence-corrected chi connectivity index (χ0v) is 14.6. The number of rotatable bonds is 6. The second-order valence-corrected chi connectivity index (χ2v) is 6.18. The SMILES string of the molecule is Cc1cc(C)cc(C=CCOCC=Cc2cc(C)cc(C)c2)c1. The summed E-state index contributed by atoms with van der Waals surface area (Å²) in [5.74, 6) is 0. The molecule has 2 aromatic rings. The summed E-state index contributed by atoms with van der Waals surface area (Å²) < 4.78 is 5.62. The second-order valence-electron chi connectivity index (χ2n) is 6.18. The summed E-state index contributed by atoms with van der Waals surface area (Å²) in [6.07, 6.45) is 8.37. The Morgan fingerprint density at radius 3 is 1.30 bits per heavy atom. The largest absolute Gasteiger partial charge is 0.373 e. The minimum Gasteiger partial charge on any atom is -0.373 e. The topological polar surface area (TPSA) is 9.23 Å². The molecule has 23 heavy (non-hydrogen) atoms. The molecule has 0 heterocycles. The van der Waals surface area contributed by atoms with Crippen LogP contribution in [0.4, 0.5) is 0 Å². The molecule has 0 aliphatic rings. The molecule has 0 saturated carbocycles. The molecule has 1 nitrogen and oxygen atoms in total. The van der Waals surface area contributed by atoms with Crippen molar-refractivity contribution in [2.45, 2.75) is 27.7 Å². The highest BCUT2D eigenvalue weighted by atomic mass is 16.5. The summed E-state index contributed by atoms with van der Waals surface area (Å²) in [7, 11) is 0. The smallest absolute Gasteiger partial charge is 0.0655 e. The van der Waals surface area contributed by atoms with E-state index in [-0.39, 0.29) is 0 Å². The molecule has 120 valence electrons. The van der Waals surface area contributed by atoms with E-state index in [1.54, 1.807) is 0 Å². The Balaban J connectivity index is 1.77. The van der Waals surface area contributed by atoms with Gasteiger partial charge < -0.3 is 4.74 Å². The Morgan fingerprint density at radius 1 is 0.609 bits per heavy atom. The van der Waals surface area contributed by atoms with E-state index < -0.39 is 0 Å². The standard InChI is InChI=1S/C22H26O/c1-17-11-18(2)14-21(13-17)7-5-9-23-10-6-8-22-15-19(3)12-20(4)16-22/h5-8,11-16H,9-10H2,1-4H3. The fourth-order valence-corrected chi connectivity index (χ4v) is 2.78. The minimum absolute atomic E-state index is 0.629. The normalized spacial score (nSPS) is 11.7. The molecular weight excluding hydrogens is 280 g/mol. The van der Waals surface area contributed by atoms with E-state index in [1.165, 1.54) is 33.4 Å². The van der Waals surface area contributed by atoms with Crippen molar-refractivity contribution in [1.82, 2.24) is 0 Å². The molecule has 0 aliphatic carbocycles. The van der Waals surface area contributed by atoms with Crippen molar-refractivity contribution in [3.8, 4) is 0 Å². The van der Waals surface area contributed by atoms with E-state index in [4.69, 9.17) is 4.74 Å². The lowest BCUT2D eigenvalue weighted by molar-refractivity contribution is 0.195. The van der Waals surface area contributed by atoms with Crippen LogP contribution in [0.3, 0.4) is 0 Å². The summed E-state index contributed by atoms with van der Waals surface area (Å²) in [4.78, 5) is 0. The van der Waals surface area contributed by atoms with Gasteiger partial charge in [-0.2, -0.15) is 0 Å². The summed E-state index contributed by atoms with van der Waals surface area (Å²) in [6.45, 7) is 9.75. The monoisotopic (exact) mass is 306 g/mol. The maximum atomic E-state index is 5.62. The molecule has 2 rings (SSSR count). The van der Waals surface area contributed by atoms with Crippen LogP contribution in [0.2, 0.25) is 0 Å². The van der Waals surface area contributed by atoms with E-state index in [0.717, 1.165) is 0 Å². The fourth-order valence-electron chi connectivity index (χ4n) is 2.78. The quantitative estimate of drug-likeness (QED) is 0.625. The van der Waals surface area contributed by atoms with E-state index in [9.17, 15) is 0 Å². The summed E-state index contributed by atoms with van der Waals surface area (Å²) in [6, 6.07) is 13.1. The number of hydrogen-bond acceptors (Lipinski definition) is 1. The van der Waals surface area contributed by atoms with Crippen molar-refractivity contribution in [2.75, 3.05) is 13.2 Å². The summed E-state index contributed by atoms with van der Waals surface area (Å²) in [5.41, 5.74) is 7.64. The van der Waals surface area contributed by atoms with Crippen LogP contribution >= 0.6 is 0 Å². The Morgan fingerprint density at radius 2 is 0.957 bits per heavy atom. The van der Waals surface area contributed by atoms with Gasteiger partial charge in [-0.15, -0.1) is 0 Å². The Bertz CT molecular complexity index is 606. The zero-order valence-electron chi connectivity index (χ0n) is 14.6. The molecule has 0 saturated heterocycles. The molecule has 0 bridgehead atoms. The van der Waals surface area contributed by atoms with E-state index in [2.05, 4.69) is 88.4 Å². The van der Waals surface area contributed by atoms with Gasteiger partial charge in [0, 0.05) is 0 Å². The van der Waals surface area contributed by atoms with Gasteiger partial charge in [0.15, 0.2) is 0 Å². The van der Waals surface area contributed by atoms with Crippen LogP contribution < -0.4 is 0 Å². The zero-order chi connectivity index (χ0) is 16.7.